The fourth-order valence-electron chi connectivity index (χ4n) is 3.97. The van der Waals surface area contributed by atoms with Gasteiger partial charge < -0.3 is 9.88 Å². The number of fused-ring (bicyclic) bond motifs is 1. The van der Waals surface area contributed by atoms with Crippen LogP contribution >= 0.6 is 0 Å². The molecule has 4 rings (SSSR count). The fraction of sp³-hybridized carbons (Fsp3) is 0.450. The molecule has 1 saturated heterocycles. The van der Waals surface area contributed by atoms with E-state index in [0.29, 0.717) is 17.0 Å². The molecule has 1 aromatic carbocycles. The van der Waals surface area contributed by atoms with Crippen molar-refractivity contribution in [3.63, 3.8) is 0 Å². The van der Waals surface area contributed by atoms with E-state index >= 15 is 0 Å². The number of likely N-dealkylation sites (tertiary alicyclic amines) is 1. The molecule has 0 saturated carbocycles. The van der Waals surface area contributed by atoms with Crippen molar-refractivity contribution in [2.24, 2.45) is 5.92 Å². The first-order valence-corrected chi connectivity index (χ1v) is 9.41. The molecule has 1 aliphatic carbocycles. The van der Waals surface area contributed by atoms with Gasteiger partial charge in [-0.25, -0.2) is 4.98 Å². The van der Waals surface area contributed by atoms with E-state index in [-0.39, 0.29) is 37.4 Å². The first-order chi connectivity index (χ1) is 13.3. The van der Waals surface area contributed by atoms with Crippen LogP contribution in [0.3, 0.4) is 0 Å². The van der Waals surface area contributed by atoms with E-state index in [1.807, 2.05) is 0 Å². The first kappa shape index (κ1) is 18.7. The maximum absolute atomic E-state index is 12.8. The second kappa shape index (κ2) is 7.07. The third-order valence-corrected chi connectivity index (χ3v) is 5.57. The molecular formula is C20H20F3N3O2. The van der Waals surface area contributed by atoms with E-state index in [1.54, 1.807) is 24.3 Å². The Morgan fingerprint density at radius 3 is 2.64 bits per heavy atom. The molecule has 1 fully saturated rings. The molecule has 28 heavy (non-hydrogen) atoms. The molecule has 1 aromatic heterocycles. The smallest absolute Gasteiger partial charge is 0.339 e. The minimum atomic E-state index is -4.21. The molecule has 0 unspecified atom stereocenters. The zero-order valence-corrected chi connectivity index (χ0v) is 15.2. The molecule has 1 N–H and O–H groups in total. The third kappa shape index (κ3) is 3.55. The highest BCUT2D eigenvalue weighted by Gasteiger charge is 2.41. The van der Waals surface area contributed by atoms with Crippen LogP contribution in [0, 0.1) is 5.92 Å². The number of hydrogen-bond acceptors (Lipinski definition) is 3. The van der Waals surface area contributed by atoms with E-state index < -0.39 is 12.1 Å². The van der Waals surface area contributed by atoms with Crippen LogP contribution in [-0.2, 0) is 12.8 Å². The molecular weight excluding hydrogens is 371 g/mol. The standard InChI is InChI=1S/C20H20F3N3O2/c21-20(22,23)14-7-9-26(10-8-14)19(28)13-4-1-3-12(11-13)17-24-16-6-2-5-15(16)18(27)25-17/h1,3-4,11,14H,2,5-10H2,(H,24,25,27). The van der Waals surface area contributed by atoms with Crippen LogP contribution in [0.2, 0.25) is 0 Å². The van der Waals surface area contributed by atoms with Crippen molar-refractivity contribution in [2.75, 3.05) is 13.1 Å². The van der Waals surface area contributed by atoms with Crippen molar-refractivity contribution in [3.8, 4) is 11.4 Å². The molecule has 0 radical (unpaired) electrons. The van der Waals surface area contributed by atoms with Gasteiger partial charge in [0.05, 0.1) is 11.6 Å². The largest absolute Gasteiger partial charge is 0.391 e. The summed E-state index contributed by atoms with van der Waals surface area (Å²) in [5.41, 5.74) is 2.37. The Labute approximate surface area is 159 Å². The Hall–Kier alpha value is -2.64. The van der Waals surface area contributed by atoms with Crippen molar-refractivity contribution < 1.29 is 18.0 Å². The lowest BCUT2D eigenvalue weighted by Gasteiger charge is -2.33. The van der Waals surface area contributed by atoms with Gasteiger partial charge in [-0.3, -0.25) is 9.59 Å². The monoisotopic (exact) mass is 391 g/mol. The fourth-order valence-corrected chi connectivity index (χ4v) is 3.97. The van der Waals surface area contributed by atoms with Crippen LogP contribution in [0.5, 0.6) is 0 Å². The van der Waals surface area contributed by atoms with Crippen LogP contribution in [0.15, 0.2) is 29.1 Å². The van der Waals surface area contributed by atoms with E-state index in [2.05, 4.69) is 9.97 Å². The molecule has 1 amide bonds. The summed E-state index contributed by atoms with van der Waals surface area (Å²) in [4.78, 5) is 33.7. The van der Waals surface area contributed by atoms with Crippen molar-refractivity contribution in [3.05, 3.63) is 51.4 Å². The van der Waals surface area contributed by atoms with Gasteiger partial charge in [0.2, 0.25) is 0 Å². The van der Waals surface area contributed by atoms with Gasteiger partial charge in [-0.05, 0) is 44.2 Å². The number of carbonyl (C=O) groups excluding carboxylic acids is 1. The molecule has 2 aliphatic rings. The second-order valence-electron chi connectivity index (χ2n) is 7.38. The minimum absolute atomic E-state index is 0.0748. The number of rotatable bonds is 2. The number of benzene rings is 1. The van der Waals surface area contributed by atoms with E-state index in [1.165, 1.54) is 4.90 Å². The highest BCUT2D eigenvalue weighted by atomic mass is 19.4. The van der Waals surface area contributed by atoms with Crippen molar-refractivity contribution in [1.82, 2.24) is 14.9 Å². The van der Waals surface area contributed by atoms with Crippen LogP contribution in [0.1, 0.15) is 40.9 Å². The summed E-state index contributed by atoms with van der Waals surface area (Å²) < 4.78 is 38.5. The summed E-state index contributed by atoms with van der Waals surface area (Å²) in [7, 11) is 0. The SMILES string of the molecule is O=C(c1cccc(-c2nc3c(c(=O)[nH]2)CCC3)c1)N1CCC(C(F)(F)F)CC1. The molecule has 8 heteroatoms. The predicted octanol–water partition coefficient (Wildman–Crippen LogP) is 3.34. The number of aromatic amines is 1. The molecule has 0 bridgehead atoms. The molecule has 2 heterocycles. The van der Waals surface area contributed by atoms with Gasteiger partial charge in [-0.1, -0.05) is 12.1 Å². The number of halogens is 3. The first-order valence-electron chi connectivity index (χ1n) is 9.41. The lowest BCUT2D eigenvalue weighted by atomic mass is 9.95. The number of piperidine rings is 1. The molecule has 0 spiro atoms. The van der Waals surface area contributed by atoms with Gasteiger partial charge in [0.25, 0.3) is 11.5 Å². The normalized spacial score (nSPS) is 17.6. The zero-order valence-electron chi connectivity index (χ0n) is 15.2. The van der Waals surface area contributed by atoms with E-state index in [9.17, 15) is 22.8 Å². The summed E-state index contributed by atoms with van der Waals surface area (Å²) >= 11 is 0. The van der Waals surface area contributed by atoms with Crippen molar-refractivity contribution >= 4 is 5.91 Å². The minimum Gasteiger partial charge on any atom is -0.339 e. The number of nitrogens with one attached hydrogen (secondary N) is 1. The Morgan fingerprint density at radius 1 is 1.18 bits per heavy atom. The Balaban J connectivity index is 1.54. The van der Waals surface area contributed by atoms with Crippen molar-refractivity contribution in [2.45, 2.75) is 38.3 Å². The quantitative estimate of drug-likeness (QED) is 0.854. The Bertz CT molecular complexity index is 960. The summed E-state index contributed by atoms with van der Waals surface area (Å²) in [5, 5.41) is 0. The number of aromatic nitrogens is 2. The molecule has 1 aliphatic heterocycles. The molecule has 0 atom stereocenters. The van der Waals surface area contributed by atoms with Gasteiger partial charge in [0.15, 0.2) is 0 Å². The maximum Gasteiger partial charge on any atom is 0.391 e. The Kier molecular flexibility index (Phi) is 4.72. The van der Waals surface area contributed by atoms with Gasteiger partial charge in [-0.15, -0.1) is 0 Å². The van der Waals surface area contributed by atoms with Crippen LogP contribution < -0.4 is 5.56 Å². The van der Waals surface area contributed by atoms with Gasteiger partial charge in [0.1, 0.15) is 5.82 Å². The van der Waals surface area contributed by atoms with Crippen LogP contribution in [0.4, 0.5) is 13.2 Å². The van der Waals surface area contributed by atoms with Crippen LogP contribution in [0.25, 0.3) is 11.4 Å². The highest BCUT2D eigenvalue weighted by molar-refractivity contribution is 5.95. The van der Waals surface area contributed by atoms with Crippen LogP contribution in [-0.4, -0.2) is 40.0 Å². The molecule has 148 valence electrons. The maximum atomic E-state index is 12.8. The summed E-state index contributed by atoms with van der Waals surface area (Å²) in [5.74, 6) is -1.23. The lowest BCUT2D eigenvalue weighted by Crippen LogP contribution is -2.42. The number of carbonyl (C=O) groups is 1. The number of nitrogens with zero attached hydrogens (tertiary/aromatic N) is 2. The second-order valence-corrected chi connectivity index (χ2v) is 7.38. The number of H-pyrrole nitrogens is 1. The predicted molar refractivity (Wildman–Crippen MR) is 97.0 cm³/mol. The molecule has 2 aromatic rings. The summed E-state index contributed by atoms with van der Waals surface area (Å²) in [6.07, 6.45) is -1.96. The lowest BCUT2D eigenvalue weighted by molar-refractivity contribution is -0.183. The number of hydrogen-bond donors (Lipinski definition) is 1. The topological polar surface area (TPSA) is 66.1 Å². The Morgan fingerprint density at radius 2 is 1.93 bits per heavy atom. The van der Waals surface area contributed by atoms with Crippen molar-refractivity contribution in [1.29, 1.82) is 0 Å². The average molecular weight is 391 g/mol. The average Bonchev–Trinajstić information content (AvgIpc) is 3.16. The zero-order chi connectivity index (χ0) is 19.9. The number of alkyl halides is 3. The third-order valence-electron chi connectivity index (χ3n) is 5.57. The summed E-state index contributed by atoms with van der Waals surface area (Å²) in [6.45, 7) is 0.169. The number of aryl methyl sites for hydroxylation is 1. The van der Waals surface area contributed by atoms with E-state index in [4.69, 9.17) is 0 Å². The highest BCUT2D eigenvalue weighted by Crippen LogP contribution is 2.34. The molecule has 5 nitrogen and oxygen atoms in total. The van der Waals surface area contributed by atoms with Gasteiger partial charge in [-0.2, -0.15) is 13.2 Å². The van der Waals surface area contributed by atoms with Gasteiger partial charge >= 0.3 is 6.18 Å². The van der Waals surface area contributed by atoms with Gasteiger partial charge in [0, 0.05) is 29.8 Å². The van der Waals surface area contributed by atoms with E-state index in [0.717, 1.165) is 30.5 Å². The number of amides is 1. The summed E-state index contributed by atoms with van der Waals surface area (Å²) in [6, 6.07) is 6.72.